The van der Waals surface area contributed by atoms with E-state index >= 15 is 0 Å². The van der Waals surface area contributed by atoms with Crippen LogP contribution in [0.4, 0.5) is 5.69 Å². The fourth-order valence-electron chi connectivity index (χ4n) is 3.24. The third-order valence-electron chi connectivity index (χ3n) is 4.87. The number of hydrogen-bond donors (Lipinski definition) is 1. The van der Waals surface area contributed by atoms with E-state index in [0.29, 0.717) is 23.9 Å². The van der Waals surface area contributed by atoms with Crippen molar-refractivity contribution >= 4 is 29.3 Å². The maximum absolute atomic E-state index is 13.0. The van der Waals surface area contributed by atoms with E-state index in [1.807, 2.05) is 30.3 Å². The molecule has 0 spiro atoms. The number of carbonyl (C=O) groups excluding carboxylic acids is 2. The number of nitrogens with zero attached hydrogens (tertiary/aromatic N) is 4. The SMILES string of the molecule is O=C(NCc1ccccc1)[C@H]1CSCN1C(=O)c1ccn(-c2cccc([N+](=O)[O-])c2)n1. The molecule has 1 aromatic heterocycles. The van der Waals surface area contributed by atoms with Gasteiger partial charge in [-0.05, 0) is 17.7 Å². The number of benzene rings is 2. The summed E-state index contributed by atoms with van der Waals surface area (Å²) in [4.78, 5) is 37.7. The van der Waals surface area contributed by atoms with Gasteiger partial charge in [0.15, 0.2) is 5.69 Å². The molecule has 1 aliphatic heterocycles. The molecule has 1 fully saturated rings. The van der Waals surface area contributed by atoms with E-state index in [9.17, 15) is 19.7 Å². The molecule has 1 N–H and O–H groups in total. The smallest absolute Gasteiger partial charge is 0.275 e. The maximum Gasteiger partial charge on any atom is 0.275 e. The fourth-order valence-corrected chi connectivity index (χ4v) is 4.39. The molecule has 3 aromatic rings. The van der Waals surface area contributed by atoms with Gasteiger partial charge in [0.1, 0.15) is 6.04 Å². The molecule has 0 bridgehead atoms. The van der Waals surface area contributed by atoms with Crippen molar-refractivity contribution in [3.63, 3.8) is 0 Å². The number of rotatable bonds is 6. The van der Waals surface area contributed by atoms with E-state index < -0.39 is 11.0 Å². The van der Waals surface area contributed by atoms with Gasteiger partial charge in [0.2, 0.25) is 5.91 Å². The van der Waals surface area contributed by atoms with Gasteiger partial charge in [0, 0.05) is 30.6 Å². The first-order valence-corrected chi connectivity index (χ1v) is 10.7. The highest BCUT2D eigenvalue weighted by Gasteiger charge is 2.35. The van der Waals surface area contributed by atoms with Crippen molar-refractivity contribution in [3.8, 4) is 5.69 Å². The summed E-state index contributed by atoms with van der Waals surface area (Å²) in [7, 11) is 0. The molecule has 158 valence electrons. The molecule has 0 radical (unpaired) electrons. The van der Waals surface area contributed by atoms with Crippen molar-refractivity contribution in [1.82, 2.24) is 20.0 Å². The molecule has 0 saturated carbocycles. The molecule has 31 heavy (non-hydrogen) atoms. The van der Waals surface area contributed by atoms with Crippen molar-refractivity contribution in [2.75, 3.05) is 11.6 Å². The molecule has 2 amide bonds. The Labute approximate surface area is 182 Å². The number of nitro groups is 1. The lowest BCUT2D eigenvalue weighted by Gasteiger charge is -2.22. The van der Waals surface area contributed by atoms with Crippen LogP contribution in [-0.2, 0) is 11.3 Å². The standard InChI is InChI=1S/C21H19N5O4S/c27-20(22-12-15-5-2-1-3-6-15)19-13-31-14-24(19)21(28)18-9-10-25(23-18)16-7-4-8-17(11-16)26(29)30/h1-11,19H,12-14H2,(H,22,27)/t19-/m1/s1. The van der Waals surface area contributed by atoms with Crippen LogP contribution in [0.3, 0.4) is 0 Å². The summed E-state index contributed by atoms with van der Waals surface area (Å²) in [5, 5.41) is 18.2. The topological polar surface area (TPSA) is 110 Å². The first-order valence-electron chi connectivity index (χ1n) is 9.54. The lowest BCUT2D eigenvalue weighted by Crippen LogP contribution is -2.47. The molecule has 1 atom stereocenters. The second-order valence-corrected chi connectivity index (χ2v) is 7.92. The zero-order chi connectivity index (χ0) is 21.8. The van der Waals surface area contributed by atoms with Crippen LogP contribution in [0.15, 0.2) is 66.9 Å². The molecule has 2 heterocycles. The van der Waals surface area contributed by atoms with Gasteiger partial charge in [0.05, 0.1) is 16.5 Å². The summed E-state index contributed by atoms with van der Waals surface area (Å²) < 4.78 is 1.41. The molecule has 1 aliphatic rings. The zero-order valence-electron chi connectivity index (χ0n) is 16.4. The van der Waals surface area contributed by atoms with Crippen LogP contribution in [0.5, 0.6) is 0 Å². The van der Waals surface area contributed by atoms with Gasteiger partial charge in [-0.1, -0.05) is 36.4 Å². The molecule has 4 rings (SSSR count). The van der Waals surface area contributed by atoms with Crippen LogP contribution in [0.25, 0.3) is 5.69 Å². The number of carbonyl (C=O) groups is 2. The second-order valence-electron chi connectivity index (χ2n) is 6.92. The van der Waals surface area contributed by atoms with E-state index in [1.165, 1.54) is 33.5 Å². The minimum atomic E-state index is -0.579. The number of amides is 2. The lowest BCUT2D eigenvalue weighted by molar-refractivity contribution is -0.384. The van der Waals surface area contributed by atoms with Gasteiger partial charge >= 0.3 is 0 Å². The van der Waals surface area contributed by atoms with E-state index in [4.69, 9.17) is 0 Å². The van der Waals surface area contributed by atoms with Crippen LogP contribution in [0.1, 0.15) is 16.1 Å². The fraction of sp³-hybridized carbons (Fsp3) is 0.190. The van der Waals surface area contributed by atoms with Crippen LogP contribution in [0, 0.1) is 10.1 Å². The minimum Gasteiger partial charge on any atom is -0.350 e. The van der Waals surface area contributed by atoms with E-state index in [2.05, 4.69) is 10.4 Å². The second kappa shape index (κ2) is 9.00. The molecular weight excluding hydrogens is 418 g/mol. The summed E-state index contributed by atoms with van der Waals surface area (Å²) in [6.07, 6.45) is 1.57. The Kier molecular flexibility index (Phi) is 5.99. The quantitative estimate of drug-likeness (QED) is 0.469. The first-order chi connectivity index (χ1) is 15.0. The van der Waals surface area contributed by atoms with Gasteiger partial charge in [-0.15, -0.1) is 11.8 Å². The van der Waals surface area contributed by atoms with E-state index in [0.717, 1.165) is 5.56 Å². The number of thioether (sulfide) groups is 1. The third-order valence-corrected chi connectivity index (χ3v) is 5.88. The summed E-state index contributed by atoms with van der Waals surface area (Å²) >= 11 is 1.51. The number of hydrogen-bond acceptors (Lipinski definition) is 6. The van der Waals surface area contributed by atoms with Crippen LogP contribution >= 0.6 is 11.8 Å². The summed E-state index contributed by atoms with van der Waals surface area (Å²) in [5.41, 5.74) is 1.57. The van der Waals surface area contributed by atoms with Crippen LogP contribution in [0.2, 0.25) is 0 Å². The van der Waals surface area contributed by atoms with Crippen molar-refractivity contribution in [1.29, 1.82) is 0 Å². The Morgan fingerprint density at radius 3 is 2.74 bits per heavy atom. The highest BCUT2D eigenvalue weighted by atomic mass is 32.2. The maximum atomic E-state index is 13.0. The molecule has 0 unspecified atom stereocenters. The number of non-ortho nitro benzene ring substituents is 1. The van der Waals surface area contributed by atoms with Gasteiger partial charge in [-0.3, -0.25) is 19.7 Å². The highest BCUT2D eigenvalue weighted by molar-refractivity contribution is 7.99. The van der Waals surface area contributed by atoms with Crippen molar-refractivity contribution in [3.05, 3.63) is 88.2 Å². The molecule has 1 saturated heterocycles. The Hall–Kier alpha value is -3.66. The molecule has 0 aliphatic carbocycles. The number of nitro benzene ring substituents is 1. The van der Waals surface area contributed by atoms with Crippen molar-refractivity contribution in [2.24, 2.45) is 0 Å². The largest absolute Gasteiger partial charge is 0.350 e. The average Bonchev–Trinajstić information content (AvgIpc) is 3.48. The molecular formula is C21H19N5O4S. The predicted molar refractivity (Wildman–Crippen MR) is 116 cm³/mol. The summed E-state index contributed by atoms with van der Waals surface area (Å²) in [6.45, 7) is 0.393. The Morgan fingerprint density at radius 1 is 1.16 bits per heavy atom. The van der Waals surface area contributed by atoms with Gasteiger partial charge in [-0.2, -0.15) is 5.10 Å². The summed E-state index contributed by atoms with van der Waals surface area (Å²) in [5.74, 6) is 0.346. The Morgan fingerprint density at radius 2 is 1.97 bits per heavy atom. The monoisotopic (exact) mass is 437 g/mol. The number of aromatic nitrogens is 2. The lowest BCUT2D eigenvalue weighted by atomic mass is 10.2. The number of nitrogens with one attached hydrogen (secondary N) is 1. The Bertz CT molecular complexity index is 1120. The van der Waals surface area contributed by atoms with Crippen LogP contribution in [-0.4, -0.2) is 49.1 Å². The zero-order valence-corrected chi connectivity index (χ0v) is 17.2. The minimum absolute atomic E-state index is 0.0630. The summed E-state index contributed by atoms with van der Waals surface area (Å²) in [6, 6.07) is 16.5. The Balaban J connectivity index is 1.45. The van der Waals surface area contributed by atoms with Crippen molar-refractivity contribution < 1.29 is 14.5 Å². The predicted octanol–water partition coefficient (Wildman–Crippen LogP) is 2.61. The van der Waals surface area contributed by atoms with Gasteiger partial charge < -0.3 is 10.2 Å². The molecule has 10 heteroatoms. The highest BCUT2D eigenvalue weighted by Crippen LogP contribution is 2.24. The normalized spacial score (nSPS) is 15.6. The van der Waals surface area contributed by atoms with Crippen molar-refractivity contribution in [2.45, 2.75) is 12.6 Å². The van der Waals surface area contributed by atoms with E-state index in [-0.39, 0.29) is 23.2 Å². The van der Waals surface area contributed by atoms with Gasteiger partial charge in [-0.25, -0.2) is 4.68 Å². The van der Waals surface area contributed by atoms with E-state index in [1.54, 1.807) is 24.4 Å². The van der Waals surface area contributed by atoms with Crippen LogP contribution < -0.4 is 5.32 Å². The third kappa shape index (κ3) is 4.58. The molecule has 9 nitrogen and oxygen atoms in total. The molecule has 2 aromatic carbocycles. The average molecular weight is 437 g/mol. The van der Waals surface area contributed by atoms with Gasteiger partial charge in [0.25, 0.3) is 11.6 Å². The first kappa shape index (κ1) is 20.6.